The van der Waals surface area contributed by atoms with Crippen LogP contribution in [0.5, 0.6) is 0 Å². The molecule has 0 rings (SSSR count). The number of carbonyl (C=O) groups is 2. The molecule has 13 heavy (non-hydrogen) atoms. The standard InChI is InChI=1S/C8H14O5/c1-3-12-7(10)6(5-9)8(11)13-4-2/h6,9H,3-5H2,1-2H3. The maximum absolute atomic E-state index is 11.0. The summed E-state index contributed by atoms with van der Waals surface area (Å²) in [5.41, 5.74) is 0. The minimum absolute atomic E-state index is 0.175. The summed E-state index contributed by atoms with van der Waals surface area (Å²) in [6, 6.07) is 0. The highest BCUT2D eigenvalue weighted by Gasteiger charge is 2.28. The van der Waals surface area contributed by atoms with E-state index in [0.717, 1.165) is 0 Å². The van der Waals surface area contributed by atoms with Gasteiger partial charge in [0.2, 0.25) is 0 Å². The summed E-state index contributed by atoms with van der Waals surface area (Å²) >= 11 is 0. The maximum atomic E-state index is 11.0. The summed E-state index contributed by atoms with van der Waals surface area (Å²) in [5, 5.41) is 8.72. The van der Waals surface area contributed by atoms with Gasteiger partial charge in [-0.15, -0.1) is 0 Å². The van der Waals surface area contributed by atoms with E-state index in [4.69, 9.17) is 5.11 Å². The monoisotopic (exact) mass is 190 g/mol. The largest absolute Gasteiger partial charge is 0.465 e. The fourth-order valence-corrected chi connectivity index (χ4v) is 0.731. The van der Waals surface area contributed by atoms with Crippen molar-refractivity contribution in [1.29, 1.82) is 0 Å². The van der Waals surface area contributed by atoms with E-state index in [2.05, 4.69) is 9.47 Å². The summed E-state index contributed by atoms with van der Waals surface area (Å²) < 4.78 is 9.13. The summed E-state index contributed by atoms with van der Waals surface area (Å²) in [6.07, 6.45) is 0. The molecule has 0 aliphatic heterocycles. The number of esters is 2. The lowest BCUT2D eigenvalue weighted by Crippen LogP contribution is -2.30. The lowest BCUT2D eigenvalue weighted by molar-refractivity contribution is -0.163. The molecule has 0 spiro atoms. The third-order valence-corrected chi connectivity index (χ3v) is 1.32. The molecule has 76 valence electrons. The van der Waals surface area contributed by atoms with Gasteiger partial charge in [0.15, 0.2) is 5.92 Å². The molecule has 0 aromatic heterocycles. The third-order valence-electron chi connectivity index (χ3n) is 1.32. The van der Waals surface area contributed by atoms with E-state index in [1.54, 1.807) is 13.8 Å². The van der Waals surface area contributed by atoms with Crippen LogP contribution in [-0.2, 0) is 19.1 Å². The van der Waals surface area contributed by atoms with Crippen LogP contribution >= 0.6 is 0 Å². The predicted molar refractivity (Wildman–Crippen MR) is 43.8 cm³/mol. The van der Waals surface area contributed by atoms with Gasteiger partial charge in [-0.25, -0.2) is 0 Å². The molecule has 0 saturated heterocycles. The summed E-state index contributed by atoms with van der Waals surface area (Å²) in [6.45, 7) is 3.01. The Kier molecular flexibility index (Phi) is 5.88. The Bertz CT molecular complexity index is 159. The van der Waals surface area contributed by atoms with Crippen LogP contribution in [0, 0.1) is 5.92 Å². The molecule has 0 unspecified atom stereocenters. The number of aliphatic hydroxyl groups excluding tert-OH is 1. The quantitative estimate of drug-likeness (QED) is 0.477. The number of hydrogen-bond acceptors (Lipinski definition) is 5. The van der Waals surface area contributed by atoms with Gasteiger partial charge in [-0.3, -0.25) is 9.59 Å². The number of carbonyl (C=O) groups excluding carboxylic acids is 2. The van der Waals surface area contributed by atoms with Crippen molar-refractivity contribution in [2.24, 2.45) is 5.92 Å². The lowest BCUT2D eigenvalue weighted by atomic mass is 10.2. The minimum atomic E-state index is -1.21. The Labute approximate surface area is 76.6 Å². The summed E-state index contributed by atoms with van der Waals surface area (Å²) in [7, 11) is 0. The highest BCUT2D eigenvalue weighted by molar-refractivity contribution is 5.95. The Morgan fingerprint density at radius 1 is 1.15 bits per heavy atom. The van der Waals surface area contributed by atoms with E-state index >= 15 is 0 Å². The second-order valence-corrected chi connectivity index (χ2v) is 2.24. The van der Waals surface area contributed by atoms with Gasteiger partial charge in [-0.05, 0) is 13.8 Å². The molecular formula is C8H14O5. The van der Waals surface area contributed by atoms with E-state index in [1.807, 2.05) is 0 Å². The van der Waals surface area contributed by atoms with Gasteiger partial charge >= 0.3 is 11.9 Å². The van der Waals surface area contributed by atoms with Gasteiger partial charge < -0.3 is 14.6 Å². The first-order valence-corrected chi connectivity index (χ1v) is 4.11. The molecule has 0 fully saturated rings. The van der Waals surface area contributed by atoms with Crippen molar-refractivity contribution in [2.75, 3.05) is 19.8 Å². The van der Waals surface area contributed by atoms with Crippen LogP contribution in [0.4, 0.5) is 0 Å². The second kappa shape index (κ2) is 6.42. The van der Waals surface area contributed by atoms with Crippen molar-refractivity contribution >= 4 is 11.9 Å². The number of aliphatic hydroxyl groups is 1. The Balaban J connectivity index is 4.15. The number of rotatable bonds is 5. The molecule has 0 aliphatic carbocycles. The third kappa shape index (κ3) is 3.89. The fraction of sp³-hybridized carbons (Fsp3) is 0.750. The van der Waals surface area contributed by atoms with Crippen LogP contribution in [0.15, 0.2) is 0 Å². The zero-order valence-electron chi connectivity index (χ0n) is 7.78. The van der Waals surface area contributed by atoms with Gasteiger partial charge in [-0.1, -0.05) is 0 Å². The van der Waals surface area contributed by atoms with Crippen molar-refractivity contribution in [1.82, 2.24) is 0 Å². The van der Waals surface area contributed by atoms with E-state index in [0.29, 0.717) is 0 Å². The molecule has 0 aromatic carbocycles. The average Bonchev–Trinajstić information content (AvgIpc) is 2.06. The first-order chi connectivity index (χ1) is 6.17. The zero-order valence-corrected chi connectivity index (χ0v) is 7.78. The summed E-state index contributed by atoms with van der Waals surface area (Å²) in [4.78, 5) is 22.0. The Morgan fingerprint density at radius 2 is 1.54 bits per heavy atom. The zero-order chi connectivity index (χ0) is 10.3. The van der Waals surface area contributed by atoms with Crippen LogP contribution in [0.3, 0.4) is 0 Å². The molecule has 0 bridgehead atoms. The van der Waals surface area contributed by atoms with Crippen molar-refractivity contribution in [3.8, 4) is 0 Å². The molecule has 0 radical (unpaired) electrons. The number of hydrogen-bond donors (Lipinski definition) is 1. The Hall–Kier alpha value is -1.10. The lowest BCUT2D eigenvalue weighted by Gasteiger charge is -2.10. The molecule has 5 heteroatoms. The molecule has 0 aliphatic rings. The molecule has 5 nitrogen and oxygen atoms in total. The van der Waals surface area contributed by atoms with Crippen molar-refractivity contribution in [3.05, 3.63) is 0 Å². The SMILES string of the molecule is CCOC(=O)C(CO)C(=O)OCC. The summed E-state index contributed by atoms with van der Waals surface area (Å²) in [5.74, 6) is -2.70. The van der Waals surface area contributed by atoms with Gasteiger partial charge in [0.1, 0.15) is 0 Å². The topological polar surface area (TPSA) is 72.8 Å². The van der Waals surface area contributed by atoms with E-state index in [1.165, 1.54) is 0 Å². The van der Waals surface area contributed by atoms with Crippen molar-refractivity contribution in [2.45, 2.75) is 13.8 Å². The van der Waals surface area contributed by atoms with Crippen molar-refractivity contribution in [3.63, 3.8) is 0 Å². The van der Waals surface area contributed by atoms with E-state index in [-0.39, 0.29) is 13.2 Å². The van der Waals surface area contributed by atoms with Gasteiger partial charge in [-0.2, -0.15) is 0 Å². The molecule has 0 saturated carbocycles. The Morgan fingerprint density at radius 3 is 1.77 bits per heavy atom. The molecule has 0 amide bonds. The van der Waals surface area contributed by atoms with Crippen molar-refractivity contribution < 1.29 is 24.2 Å². The smallest absolute Gasteiger partial charge is 0.322 e. The molecule has 1 N–H and O–H groups in total. The van der Waals surface area contributed by atoms with Crippen LogP contribution < -0.4 is 0 Å². The van der Waals surface area contributed by atoms with Crippen LogP contribution in [0.25, 0.3) is 0 Å². The number of ether oxygens (including phenoxy) is 2. The van der Waals surface area contributed by atoms with Gasteiger partial charge in [0.25, 0.3) is 0 Å². The fourth-order valence-electron chi connectivity index (χ4n) is 0.731. The highest BCUT2D eigenvalue weighted by Crippen LogP contribution is 2.02. The maximum Gasteiger partial charge on any atom is 0.322 e. The van der Waals surface area contributed by atoms with Crippen LogP contribution in [0.1, 0.15) is 13.8 Å². The van der Waals surface area contributed by atoms with Crippen LogP contribution in [-0.4, -0.2) is 36.9 Å². The molecule has 0 aromatic rings. The molecule has 0 heterocycles. The second-order valence-electron chi connectivity index (χ2n) is 2.24. The van der Waals surface area contributed by atoms with Gasteiger partial charge in [0.05, 0.1) is 19.8 Å². The highest BCUT2D eigenvalue weighted by atomic mass is 16.6. The van der Waals surface area contributed by atoms with Gasteiger partial charge in [0, 0.05) is 0 Å². The predicted octanol–water partition coefficient (Wildman–Crippen LogP) is -0.279. The van der Waals surface area contributed by atoms with E-state index in [9.17, 15) is 9.59 Å². The normalized spacial score (nSPS) is 9.85. The average molecular weight is 190 g/mol. The van der Waals surface area contributed by atoms with E-state index < -0.39 is 24.5 Å². The minimum Gasteiger partial charge on any atom is -0.465 e. The molecular weight excluding hydrogens is 176 g/mol. The first kappa shape index (κ1) is 11.9. The molecule has 0 atom stereocenters. The van der Waals surface area contributed by atoms with Crippen LogP contribution in [0.2, 0.25) is 0 Å². The first-order valence-electron chi connectivity index (χ1n) is 4.11.